The van der Waals surface area contributed by atoms with Gasteiger partial charge < -0.3 is 15.5 Å². The van der Waals surface area contributed by atoms with Crippen molar-refractivity contribution < 1.29 is 4.79 Å². The SMILES string of the molecule is O=C(Nc1ccc(N2CCCC2)cc1)c1cccc(Nc2nccs2)c1. The lowest BCUT2D eigenvalue weighted by molar-refractivity contribution is 0.102. The molecule has 6 heteroatoms. The van der Waals surface area contributed by atoms with Gasteiger partial charge >= 0.3 is 0 Å². The second-order valence-electron chi connectivity index (χ2n) is 6.24. The molecule has 1 aliphatic rings. The van der Waals surface area contributed by atoms with Gasteiger partial charge in [0, 0.05) is 47.3 Å². The average Bonchev–Trinajstić information content (AvgIpc) is 3.36. The van der Waals surface area contributed by atoms with Gasteiger partial charge in [0.1, 0.15) is 0 Å². The minimum Gasteiger partial charge on any atom is -0.372 e. The molecule has 0 bridgehead atoms. The molecular weight excluding hydrogens is 344 g/mol. The Labute approximate surface area is 156 Å². The van der Waals surface area contributed by atoms with Crippen molar-refractivity contribution >= 4 is 39.4 Å². The monoisotopic (exact) mass is 364 g/mol. The first-order valence-electron chi connectivity index (χ1n) is 8.71. The predicted octanol–water partition coefficient (Wildman–Crippen LogP) is 4.74. The molecule has 4 rings (SSSR count). The van der Waals surface area contributed by atoms with Crippen LogP contribution in [-0.4, -0.2) is 24.0 Å². The number of anilines is 4. The molecule has 3 aromatic rings. The number of hydrogen-bond acceptors (Lipinski definition) is 5. The first-order chi connectivity index (χ1) is 12.8. The van der Waals surface area contributed by atoms with Crippen LogP contribution in [0.15, 0.2) is 60.1 Å². The number of amides is 1. The van der Waals surface area contributed by atoms with Crippen molar-refractivity contribution in [3.05, 3.63) is 65.7 Å². The number of carbonyl (C=O) groups is 1. The summed E-state index contributed by atoms with van der Waals surface area (Å²) < 4.78 is 0. The van der Waals surface area contributed by atoms with Crippen molar-refractivity contribution in [1.82, 2.24) is 4.98 Å². The molecule has 5 nitrogen and oxygen atoms in total. The summed E-state index contributed by atoms with van der Waals surface area (Å²) in [6.07, 6.45) is 4.25. The van der Waals surface area contributed by atoms with E-state index in [1.54, 1.807) is 12.3 Å². The number of rotatable bonds is 5. The molecule has 1 aliphatic heterocycles. The molecule has 1 fully saturated rings. The van der Waals surface area contributed by atoms with Crippen molar-refractivity contribution in [1.29, 1.82) is 0 Å². The highest BCUT2D eigenvalue weighted by Crippen LogP contribution is 2.23. The van der Waals surface area contributed by atoms with Gasteiger partial charge in [0.15, 0.2) is 5.13 Å². The zero-order valence-corrected chi connectivity index (χ0v) is 15.1. The Hall–Kier alpha value is -2.86. The first kappa shape index (κ1) is 16.6. The lowest BCUT2D eigenvalue weighted by Crippen LogP contribution is -2.17. The summed E-state index contributed by atoms with van der Waals surface area (Å²) in [6.45, 7) is 2.23. The van der Waals surface area contributed by atoms with E-state index < -0.39 is 0 Å². The van der Waals surface area contributed by atoms with Gasteiger partial charge in [0.25, 0.3) is 5.91 Å². The summed E-state index contributed by atoms with van der Waals surface area (Å²) in [5.74, 6) is -0.123. The van der Waals surface area contributed by atoms with Crippen LogP contribution in [0, 0.1) is 0 Å². The second kappa shape index (κ2) is 7.58. The maximum absolute atomic E-state index is 12.5. The normalized spacial score (nSPS) is 13.6. The van der Waals surface area contributed by atoms with Crippen molar-refractivity contribution in [2.75, 3.05) is 28.6 Å². The molecule has 0 atom stereocenters. The van der Waals surface area contributed by atoms with Crippen LogP contribution < -0.4 is 15.5 Å². The Bertz CT molecular complexity index is 871. The lowest BCUT2D eigenvalue weighted by Gasteiger charge is -2.17. The van der Waals surface area contributed by atoms with Gasteiger partial charge in [-0.15, -0.1) is 11.3 Å². The van der Waals surface area contributed by atoms with E-state index in [9.17, 15) is 4.79 Å². The fourth-order valence-electron chi connectivity index (χ4n) is 3.08. The highest BCUT2D eigenvalue weighted by molar-refractivity contribution is 7.13. The molecule has 132 valence electrons. The maximum atomic E-state index is 12.5. The molecular formula is C20H20N4OS. The van der Waals surface area contributed by atoms with Crippen LogP contribution in [0.3, 0.4) is 0 Å². The first-order valence-corrected chi connectivity index (χ1v) is 9.59. The standard InChI is InChI=1S/C20H20N4OS/c25-19(15-4-3-5-17(14-15)23-20-21-10-13-26-20)22-16-6-8-18(9-7-16)24-11-1-2-12-24/h3-10,13-14H,1-2,11-12H2,(H,21,23)(H,22,25). The van der Waals surface area contributed by atoms with E-state index >= 15 is 0 Å². The molecule has 0 radical (unpaired) electrons. The molecule has 0 saturated carbocycles. The topological polar surface area (TPSA) is 57.3 Å². The van der Waals surface area contributed by atoms with E-state index in [1.165, 1.54) is 29.9 Å². The molecule has 26 heavy (non-hydrogen) atoms. The Balaban J connectivity index is 1.42. The van der Waals surface area contributed by atoms with Crippen molar-refractivity contribution in [3.63, 3.8) is 0 Å². The fraction of sp³-hybridized carbons (Fsp3) is 0.200. The summed E-state index contributed by atoms with van der Waals surface area (Å²) in [7, 11) is 0. The number of nitrogens with one attached hydrogen (secondary N) is 2. The smallest absolute Gasteiger partial charge is 0.255 e. The average molecular weight is 364 g/mol. The van der Waals surface area contributed by atoms with Gasteiger partial charge in [-0.1, -0.05) is 6.07 Å². The summed E-state index contributed by atoms with van der Waals surface area (Å²) >= 11 is 1.52. The second-order valence-corrected chi connectivity index (χ2v) is 7.13. The third kappa shape index (κ3) is 3.86. The number of carbonyl (C=O) groups excluding carboxylic acids is 1. The molecule has 2 heterocycles. The molecule has 0 aliphatic carbocycles. The quantitative estimate of drug-likeness (QED) is 0.687. The van der Waals surface area contributed by atoms with Crippen LogP contribution >= 0.6 is 11.3 Å². The van der Waals surface area contributed by atoms with E-state index in [0.29, 0.717) is 5.56 Å². The van der Waals surface area contributed by atoms with E-state index in [-0.39, 0.29) is 5.91 Å². The van der Waals surface area contributed by atoms with Gasteiger partial charge in [-0.2, -0.15) is 0 Å². The molecule has 2 N–H and O–H groups in total. The number of nitrogens with zero attached hydrogens (tertiary/aromatic N) is 2. The van der Waals surface area contributed by atoms with Crippen LogP contribution in [0.5, 0.6) is 0 Å². The molecule has 0 spiro atoms. The Morgan fingerprint density at radius 3 is 2.58 bits per heavy atom. The van der Waals surface area contributed by atoms with Gasteiger partial charge in [-0.3, -0.25) is 4.79 Å². The molecule has 1 amide bonds. The minimum absolute atomic E-state index is 0.123. The summed E-state index contributed by atoms with van der Waals surface area (Å²) in [5.41, 5.74) is 3.47. The summed E-state index contributed by atoms with van der Waals surface area (Å²) in [5, 5.41) is 8.88. The number of hydrogen-bond donors (Lipinski definition) is 2. The zero-order valence-electron chi connectivity index (χ0n) is 14.3. The molecule has 1 aromatic heterocycles. The van der Waals surface area contributed by atoms with Gasteiger partial charge in [-0.25, -0.2) is 4.98 Å². The Kier molecular flexibility index (Phi) is 4.84. The molecule has 0 unspecified atom stereocenters. The van der Waals surface area contributed by atoms with Crippen LogP contribution in [0.25, 0.3) is 0 Å². The highest BCUT2D eigenvalue weighted by atomic mass is 32.1. The Morgan fingerprint density at radius 1 is 1.04 bits per heavy atom. The predicted molar refractivity (Wildman–Crippen MR) is 108 cm³/mol. The van der Waals surface area contributed by atoms with E-state index in [0.717, 1.165) is 29.6 Å². The maximum Gasteiger partial charge on any atom is 0.255 e. The Morgan fingerprint density at radius 2 is 1.85 bits per heavy atom. The van der Waals surface area contributed by atoms with Crippen LogP contribution in [0.2, 0.25) is 0 Å². The van der Waals surface area contributed by atoms with Crippen LogP contribution in [0.4, 0.5) is 22.2 Å². The molecule has 1 saturated heterocycles. The van der Waals surface area contributed by atoms with Crippen molar-refractivity contribution in [3.8, 4) is 0 Å². The van der Waals surface area contributed by atoms with E-state index in [2.05, 4.69) is 32.7 Å². The van der Waals surface area contributed by atoms with Crippen molar-refractivity contribution in [2.45, 2.75) is 12.8 Å². The number of benzene rings is 2. The van der Waals surface area contributed by atoms with Crippen LogP contribution in [0.1, 0.15) is 23.2 Å². The van der Waals surface area contributed by atoms with Gasteiger partial charge in [0.2, 0.25) is 0 Å². The van der Waals surface area contributed by atoms with Gasteiger partial charge in [-0.05, 0) is 55.3 Å². The lowest BCUT2D eigenvalue weighted by atomic mass is 10.2. The summed E-state index contributed by atoms with van der Waals surface area (Å²) in [4.78, 5) is 19.1. The largest absolute Gasteiger partial charge is 0.372 e. The number of aromatic nitrogens is 1. The minimum atomic E-state index is -0.123. The third-order valence-electron chi connectivity index (χ3n) is 4.40. The summed E-state index contributed by atoms with van der Waals surface area (Å²) in [6, 6.07) is 15.5. The fourth-order valence-corrected chi connectivity index (χ4v) is 3.63. The van der Waals surface area contributed by atoms with Crippen LogP contribution in [-0.2, 0) is 0 Å². The zero-order chi connectivity index (χ0) is 17.8. The van der Waals surface area contributed by atoms with Gasteiger partial charge in [0.05, 0.1) is 0 Å². The van der Waals surface area contributed by atoms with E-state index in [4.69, 9.17) is 0 Å². The van der Waals surface area contributed by atoms with E-state index in [1.807, 2.05) is 35.7 Å². The van der Waals surface area contributed by atoms with Crippen molar-refractivity contribution in [2.24, 2.45) is 0 Å². The molecule has 2 aromatic carbocycles. The third-order valence-corrected chi connectivity index (χ3v) is 5.09. The highest BCUT2D eigenvalue weighted by Gasteiger charge is 2.12. The number of thiazole rings is 1.